The van der Waals surface area contributed by atoms with Crippen LogP contribution in [0.15, 0.2) is 12.1 Å². The van der Waals surface area contributed by atoms with E-state index in [0.29, 0.717) is 12.1 Å². The Morgan fingerprint density at radius 2 is 2.11 bits per heavy atom. The molecule has 0 saturated heterocycles. The molecule has 1 aliphatic rings. The number of aliphatic hydroxyl groups is 1. The van der Waals surface area contributed by atoms with Gasteiger partial charge >= 0.3 is 5.97 Å². The van der Waals surface area contributed by atoms with E-state index in [1.54, 1.807) is 19.1 Å². The number of aromatic carboxylic acids is 1. The third-order valence-electron chi connectivity index (χ3n) is 3.15. The van der Waals surface area contributed by atoms with E-state index < -0.39 is 12.1 Å². The zero-order valence-electron chi connectivity index (χ0n) is 10.3. The molecule has 1 aliphatic carbocycles. The molecule has 0 radical (unpaired) electrons. The van der Waals surface area contributed by atoms with E-state index in [1.807, 2.05) is 0 Å². The third kappa shape index (κ3) is 2.79. The van der Waals surface area contributed by atoms with Crippen LogP contribution >= 0.6 is 0 Å². The maximum atomic E-state index is 11.1. The van der Waals surface area contributed by atoms with Crippen molar-refractivity contribution in [3.63, 3.8) is 0 Å². The van der Waals surface area contributed by atoms with Gasteiger partial charge in [0.1, 0.15) is 6.10 Å². The van der Waals surface area contributed by atoms with E-state index in [9.17, 15) is 9.90 Å². The van der Waals surface area contributed by atoms with Crippen molar-refractivity contribution in [2.75, 3.05) is 0 Å². The summed E-state index contributed by atoms with van der Waals surface area (Å²) < 4.78 is 5.62. The van der Waals surface area contributed by atoms with E-state index in [4.69, 9.17) is 9.84 Å². The molecule has 0 amide bonds. The highest BCUT2D eigenvalue weighted by Crippen LogP contribution is 2.25. The number of carboxylic acid groups (broad SMARTS) is 1. The predicted octanol–water partition coefficient (Wildman–Crippen LogP) is 1.77. The Morgan fingerprint density at radius 1 is 1.39 bits per heavy atom. The lowest BCUT2D eigenvalue weighted by Crippen LogP contribution is -2.35. The van der Waals surface area contributed by atoms with Crippen LogP contribution in [0.3, 0.4) is 0 Å². The minimum absolute atomic E-state index is 0.0900. The standard InChI is InChI=1S/C13H17NO4/c1-8-6-7-11(12(14-8)13(16)17)18-10-5-3-2-4-9(10)15/h6-7,9-10,15H,2-5H2,1H3,(H,16,17). The van der Waals surface area contributed by atoms with E-state index in [0.717, 1.165) is 19.3 Å². The van der Waals surface area contributed by atoms with Gasteiger partial charge in [-0.05, 0) is 38.3 Å². The van der Waals surface area contributed by atoms with Crippen molar-refractivity contribution in [3.8, 4) is 5.75 Å². The second kappa shape index (κ2) is 5.35. The largest absolute Gasteiger partial charge is 0.485 e. The van der Waals surface area contributed by atoms with E-state index in [-0.39, 0.29) is 17.5 Å². The molecule has 5 nitrogen and oxygen atoms in total. The van der Waals surface area contributed by atoms with E-state index >= 15 is 0 Å². The number of carbonyl (C=O) groups is 1. The molecule has 2 atom stereocenters. The number of hydrogen-bond acceptors (Lipinski definition) is 4. The molecule has 2 unspecified atom stereocenters. The number of aliphatic hydroxyl groups excluding tert-OH is 1. The monoisotopic (exact) mass is 251 g/mol. The van der Waals surface area contributed by atoms with Gasteiger partial charge in [0, 0.05) is 5.69 Å². The second-order valence-electron chi connectivity index (χ2n) is 4.61. The van der Waals surface area contributed by atoms with E-state index in [2.05, 4.69) is 4.98 Å². The van der Waals surface area contributed by atoms with Crippen LogP contribution in [0.1, 0.15) is 41.9 Å². The second-order valence-corrected chi connectivity index (χ2v) is 4.61. The average molecular weight is 251 g/mol. The maximum absolute atomic E-state index is 11.1. The first kappa shape index (κ1) is 12.8. The minimum Gasteiger partial charge on any atom is -0.485 e. The number of nitrogens with zero attached hydrogens (tertiary/aromatic N) is 1. The Kier molecular flexibility index (Phi) is 3.81. The molecule has 0 bridgehead atoms. The molecule has 0 spiro atoms. The quantitative estimate of drug-likeness (QED) is 0.855. The Hall–Kier alpha value is -1.62. The van der Waals surface area contributed by atoms with Crippen molar-refractivity contribution in [2.45, 2.75) is 44.8 Å². The van der Waals surface area contributed by atoms with Crippen molar-refractivity contribution in [3.05, 3.63) is 23.5 Å². The summed E-state index contributed by atoms with van der Waals surface area (Å²) in [6.07, 6.45) is 2.56. The summed E-state index contributed by atoms with van der Waals surface area (Å²) in [6, 6.07) is 3.31. The fourth-order valence-corrected chi connectivity index (χ4v) is 2.17. The van der Waals surface area contributed by atoms with Crippen LogP contribution in [0.25, 0.3) is 0 Å². The molecular formula is C13H17NO4. The van der Waals surface area contributed by atoms with Crippen molar-refractivity contribution in [1.82, 2.24) is 4.98 Å². The number of aryl methyl sites for hydroxylation is 1. The molecular weight excluding hydrogens is 234 g/mol. The van der Waals surface area contributed by atoms with Gasteiger partial charge in [-0.3, -0.25) is 0 Å². The first-order valence-electron chi connectivity index (χ1n) is 6.13. The molecule has 18 heavy (non-hydrogen) atoms. The summed E-state index contributed by atoms with van der Waals surface area (Å²) in [4.78, 5) is 15.0. The highest BCUT2D eigenvalue weighted by atomic mass is 16.5. The molecule has 0 aromatic carbocycles. The van der Waals surface area contributed by atoms with Crippen LogP contribution in [0.2, 0.25) is 0 Å². The van der Waals surface area contributed by atoms with Gasteiger partial charge in [0.15, 0.2) is 11.4 Å². The highest BCUT2D eigenvalue weighted by Gasteiger charge is 2.26. The number of rotatable bonds is 3. The van der Waals surface area contributed by atoms with Gasteiger partial charge in [-0.25, -0.2) is 9.78 Å². The summed E-state index contributed by atoms with van der Waals surface area (Å²) in [7, 11) is 0. The molecule has 2 N–H and O–H groups in total. The van der Waals surface area contributed by atoms with Crippen LogP contribution in [-0.4, -0.2) is 33.4 Å². The van der Waals surface area contributed by atoms with Crippen LogP contribution in [0.4, 0.5) is 0 Å². The summed E-state index contributed by atoms with van der Waals surface area (Å²) in [5.74, 6) is -0.877. The number of ether oxygens (including phenoxy) is 1. The lowest BCUT2D eigenvalue weighted by atomic mass is 9.95. The van der Waals surface area contributed by atoms with Gasteiger partial charge in [-0.15, -0.1) is 0 Å². The SMILES string of the molecule is Cc1ccc(OC2CCCCC2O)c(C(=O)O)n1. The molecule has 98 valence electrons. The number of carboxylic acids is 1. The molecule has 0 aliphatic heterocycles. The summed E-state index contributed by atoms with van der Waals surface area (Å²) in [5, 5.41) is 18.9. The van der Waals surface area contributed by atoms with Crippen LogP contribution < -0.4 is 4.74 Å². The van der Waals surface area contributed by atoms with Crippen molar-refractivity contribution >= 4 is 5.97 Å². The Balaban J connectivity index is 2.20. The normalized spacial score (nSPS) is 23.7. The van der Waals surface area contributed by atoms with Gasteiger partial charge in [0.25, 0.3) is 0 Å². The highest BCUT2D eigenvalue weighted by molar-refractivity contribution is 5.88. The lowest BCUT2D eigenvalue weighted by molar-refractivity contribution is 0.00578. The van der Waals surface area contributed by atoms with Gasteiger partial charge in [-0.1, -0.05) is 6.42 Å². The predicted molar refractivity (Wildman–Crippen MR) is 64.8 cm³/mol. The summed E-state index contributed by atoms with van der Waals surface area (Å²) in [5.41, 5.74) is 0.539. The molecule has 1 fully saturated rings. The zero-order valence-corrected chi connectivity index (χ0v) is 10.3. The summed E-state index contributed by atoms with van der Waals surface area (Å²) >= 11 is 0. The Labute approximate surface area is 105 Å². The third-order valence-corrected chi connectivity index (χ3v) is 3.15. The molecule has 5 heteroatoms. The fraction of sp³-hybridized carbons (Fsp3) is 0.538. The first-order chi connectivity index (χ1) is 8.58. The maximum Gasteiger partial charge on any atom is 0.358 e. The van der Waals surface area contributed by atoms with Crippen LogP contribution in [0, 0.1) is 6.92 Å². The Bertz CT molecular complexity index is 447. The molecule has 1 heterocycles. The van der Waals surface area contributed by atoms with Crippen LogP contribution in [-0.2, 0) is 0 Å². The minimum atomic E-state index is -1.11. The van der Waals surface area contributed by atoms with Crippen molar-refractivity contribution in [2.24, 2.45) is 0 Å². The van der Waals surface area contributed by atoms with E-state index in [1.165, 1.54) is 0 Å². The zero-order chi connectivity index (χ0) is 13.1. The molecule has 1 saturated carbocycles. The van der Waals surface area contributed by atoms with Crippen molar-refractivity contribution in [1.29, 1.82) is 0 Å². The summed E-state index contributed by atoms with van der Waals surface area (Å²) in [6.45, 7) is 1.73. The smallest absolute Gasteiger partial charge is 0.358 e. The number of aromatic nitrogens is 1. The first-order valence-corrected chi connectivity index (χ1v) is 6.13. The Morgan fingerprint density at radius 3 is 2.78 bits per heavy atom. The topological polar surface area (TPSA) is 79.7 Å². The van der Waals surface area contributed by atoms with Crippen LogP contribution in [0.5, 0.6) is 5.75 Å². The van der Waals surface area contributed by atoms with Crippen molar-refractivity contribution < 1.29 is 19.7 Å². The van der Waals surface area contributed by atoms with Gasteiger partial charge < -0.3 is 14.9 Å². The molecule has 1 aromatic rings. The number of pyridine rings is 1. The van der Waals surface area contributed by atoms with Gasteiger partial charge in [0.2, 0.25) is 0 Å². The fourth-order valence-electron chi connectivity index (χ4n) is 2.17. The molecule has 2 rings (SSSR count). The number of hydrogen-bond donors (Lipinski definition) is 2. The average Bonchev–Trinajstić information content (AvgIpc) is 2.34. The van der Waals surface area contributed by atoms with Gasteiger partial charge in [-0.2, -0.15) is 0 Å². The van der Waals surface area contributed by atoms with Gasteiger partial charge in [0.05, 0.1) is 6.10 Å². The molecule has 1 aromatic heterocycles. The lowest BCUT2D eigenvalue weighted by Gasteiger charge is -2.28.